The fraction of sp³-hybridized carbons (Fsp3) is 0.263. The Bertz CT molecular complexity index is 824. The summed E-state index contributed by atoms with van der Waals surface area (Å²) in [6.07, 6.45) is -0.302. The standard InChI is InChI=1S/C19H18Cl2N2O3/c1-12-2-5-14(6-3-12)23-10-15(26-11-18(23)24)9-22-19(25)16-7-4-13(20)8-17(16)21/h2-8,15H,9-11H2,1H3,(H,22,25). The SMILES string of the molecule is Cc1ccc(N2CC(CNC(=O)c3ccc(Cl)cc3Cl)OCC2=O)cc1. The van der Waals surface area contributed by atoms with Gasteiger partial charge in [0.1, 0.15) is 6.61 Å². The summed E-state index contributed by atoms with van der Waals surface area (Å²) < 4.78 is 5.54. The first kappa shape index (κ1) is 18.7. The van der Waals surface area contributed by atoms with E-state index in [4.69, 9.17) is 27.9 Å². The van der Waals surface area contributed by atoms with Crippen LogP contribution in [-0.4, -0.2) is 37.6 Å². The molecule has 26 heavy (non-hydrogen) atoms. The first-order chi connectivity index (χ1) is 12.4. The molecular weight excluding hydrogens is 375 g/mol. The molecule has 0 aromatic heterocycles. The zero-order valence-corrected chi connectivity index (χ0v) is 15.7. The van der Waals surface area contributed by atoms with Gasteiger partial charge in [0, 0.05) is 17.3 Å². The molecule has 0 saturated carbocycles. The molecule has 7 heteroatoms. The van der Waals surface area contributed by atoms with E-state index in [-0.39, 0.29) is 36.1 Å². The minimum Gasteiger partial charge on any atom is -0.365 e. The van der Waals surface area contributed by atoms with Gasteiger partial charge in [-0.3, -0.25) is 9.59 Å². The summed E-state index contributed by atoms with van der Waals surface area (Å²) in [4.78, 5) is 26.1. The van der Waals surface area contributed by atoms with Gasteiger partial charge in [-0.05, 0) is 37.3 Å². The maximum Gasteiger partial charge on any atom is 0.253 e. The second kappa shape index (κ2) is 8.08. The highest BCUT2D eigenvalue weighted by Gasteiger charge is 2.27. The summed E-state index contributed by atoms with van der Waals surface area (Å²) in [6, 6.07) is 12.4. The molecule has 0 aliphatic carbocycles. The normalized spacial score (nSPS) is 17.3. The van der Waals surface area contributed by atoms with Crippen LogP contribution in [0.15, 0.2) is 42.5 Å². The predicted molar refractivity (Wildman–Crippen MR) is 102 cm³/mol. The van der Waals surface area contributed by atoms with Crippen molar-refractivity contribution >= 4 is 40.7 Å². The van der Waals surface area contributed by atoms with Crippen LogP contribution in [0.4, 0.5) is 5.69 Å². The van der Waals surface area contributed by atoms with Crippen molar-refractivity contribution < 1.29 is 14.3 Å². The molecule has 1 saturated heterocycles. The molecule has 136 valence electrons. The van der Waals surface area contributed by atoms with Crippen molar-refractivity contribution in [1.82, 2.24) is 5.32 Å². The van der Waals surface area contributed by atoms with Gasteiger partial charge in [0.25, 0.3) is 11.8 Å². The molecule has 0 radical (unpaired) electrons. The van der Waals surface area contributed by atoms with Gasteiger partial charge in [-0.15, -0.1) is 0 Å². The van der Waals surface area contributed by atoms with Crippen LogP contribution in [0.5, 0.6) is 0 Å². The monoisotopic (exact) mass is 392 g/mol. The van der Waals surface area contributed by atoms with E-state index in [0.29, 0.717) is 17.1 Å². The van der Waals surface area contributed by atoms with Crippen LogP contribution < -0.4 is 10.2 Å². The Morgan fingerprint density at radius 3 is 2.65 bits per heavy atom. The summed E-state index contributed by atoms with van der Waals surface area (Å²) >= 11 is 11.9. The van der Waals surface area contributed by atoms with E-state index in [0.717, 1.165) is 11.3 Å². The molecule has 1 N–H and O–H groups in total. The lowest BCUT2D eigenvalue weighted by Crippen LogP contribution is -2.50. The Morgan fingerprint density at radius 2 is 1.96 bits per heavy atom. The van der Waals surface area contributed by atoms with E-state index in [1.165, 1.54) is 6.07 Å². The van der Waals surface area contributed by atoms with Crippen molar-refractivity contribution in [3.63, 3.8) is 0 Å². The first-order valence-electron chi connectivity index (χ1n) is 8.16. The predicted octanol–water partition coefficient (Wildman–Crippen LogP) is 3.46. The molecule has 1 fully saturated rings. The summed E-state index contributed by atoms with van der Waals surface area (Å²) in [7, 11) is 0. The molecule has 1 atom stereocenters. The lowest BCUT2D eigenvalue weighted by Gasteiger charge is -2.33. The van der Waals surface area contributed by atoms with Crippen molar-refractivity contribution in [1.29, 1.82) is 0 Å². The largest absolute Gasteiger partial charge is 0.365 e. The van der Waals surface area contributed by atoms with Gasteiger partial charge < -0.3 is 15.0 Å². The molecule has 1 aliphatic heterocycles. The van der Waals surface area contributed by atoms with Gasteiger partial charge in [-0.1, -0.05) is 40.9 Å². The third kappa shape index (κ3) is 4.36. The number of carbonyl (C=O) groups excluding carboxylic acids is 2. The lowest BCUT2D eigenvalue weighted by molar-refractivity contribution is -0.129. The second-order valence-electron chi connectivity index (χ2n) is 6.11. The third-order valence-corrected chi connectivity index (χ3v) is 4.69. The number of morpholine rings is 1. The van der Waals surface area contributed by atoms with Crippen LogP contribution in [0.3, 0.4) is 0 Å². The lowest BCUT2D eigenvalue weighted by atomic mass is 10.1. The van der Waals surface area contributed by atoms with Crippen molar-refractivity contribution in [3.8, 4) is 0 Å². The quantitative estimate of drug-likeness (QED) is 0.866. The number of ether oxygens (including phenoxy) is 1. The molecule has 1 unspecified atom stereocenters. The van der Waals surface area contributed by atoms with Gasteiger partial charge in [0.05, 0.1) is 23.2 Å². The Hall–Kier alpha value is -2.08. The first-order valence-corrected chi connectivity index (χ1v) is 8.91. The number of hydrogen-bond acceptors (Lipinski definition) is 3. The Kier molecular flexibility index (Phi) is 5.81. The van der Waals surface area contributed by atoms with Crippen LogP contribution in [0.2, 0.25) is 10.0 Å². The number of carbonyl (C=O) groups is 2. The molecule has 0 spiro atoms. The minimum atomic E-state index is -0.311. The molecule has 3 rings (SSSR count). The van der Waals surface area contributed by atoms with E-state index in [2.05, 4.69) is 5.32 Å². The average molecular weight is 393 g/mol. The second-order valence-corrected chi connectivity index (χ2v) is 6.95. The van der Waals surface area contributed by atoms with Crippen molar-refractivity contribution in [2.45, 2.75) is 13.0 Å². The van der Waals surface area contributed by atoms with E-state index >= 15 is 0 Å². The highest BCUT2D eigenvalue weighted by atomic mass is 35.5. The fourth-order valence-corrected chi connectivity index (χ4v) is 3.19. The number of nitrogens with one attached hydrogen (secondary N) is 1. The molecule has 2 amide bonds. The van der Waals surface area contributed by atoms with Gasteiger partial charge in [-0.2, -0.15) is 0 Å². The highest BCUT2D eigenvalue weighted by Crippen LogP contribution is 2.21. The number of nitrogens with zero attached hydrogens (tertiary/aromatic N) is 1. The zero-order chi connectivity index (χ0) is 18.7. The van der Waals surface area contributed by atoms with Crippen LogP contribution in [0.1, 0.15) is 15.9 Å². The third-order valence-electron chi connectivity index (χ3n) is 4.14. The number of benzene rings is 2. The zero-order valence-electron chi connectivity index (χ0n) is 14.2. The maximum absolute atomic E-state index is 12.3. The summed E-state index contributed by atoms with van der Waals surface area (Å²) in [6.45, 7) is 2.62. The molecule has 0 bridgehead atoms. The van der Waals surface area contributed by atoms with Gasteiger partial charge in [0.15, 0.2) is 0 Å². The summed E-state index contributed by atoms with van der Waals surface area (Å²) in [5.41, 5.74) is 2.29. The van der Waals surface area contributed by atoms with Crippen LogP contribution >= 0.6 is 23.2 Å². The number of anilines is 1. The van der Waals surface area contributed by atoms with Gasteiger partial charge in [-0.25, -0.2) is 0 Å². The molecule has 2 aromatic carbocycles. The summed E-state index contributed by atoms with van der Waals surface area (Å²) in [5, 5.41) is 3.55. The smallest absolute Gasteiger partial charge is 0.253 e. The van der Waals surface area contributed by atoms with Gasteiger partial charge in [0.2, 0.25) is 0 Å². The Balaban J connectivity index is 1.62. The summed E-state index contributed by atoms with van der Waals surface area (Å²) in [5.74, 6) is -0.411. The van der Waals surface area contributed by atoms with E-state index in [1.807, 2.05) is 31.2 Å². The van der Waals surface area contributed by atoms with E-state index in [9.17, 15) is 9.59 Å². The highest BCUT2D eigenvalue weighted by molar-refractivity contribution is 6.36. The number of halogens is 2. The van der Waals surface area contributed by atoms with Crippen LogP contribution in [0.25, 0.3) is 0 Å². The van der Waals surface area contributed by atoms with Crippen molar-refractivity contribution in [3.05, 3.63) is 63.6 Å². The van der Waals surface area contributed by atoms with E-state index < -0.39 is 0 Å². The van der Waals surface area contributed by atoms with Gasteiger partial charge >= 0.3 is 0 Å². The number of aryl methyl sites for hydroxylation is 1. The molecule has 2 aromatic rings. The maximum atomic E-state index is 12.3. The Morgan fingerprint density at radius 1 is 1.23 bits per heavy atom. The number of amides is 2. The van der Waals surface area contributed by atoms with Crippen molar-refractivity contribution in [2.24, 2.45) is 0 Å². The topological polar surface area (TPSA) is 58.6 Å². The minimum absolute atomic E-state index is 0.0177. The van der Waals surface area contributed by atoms with E-state index in [1.54, 1.807) is 17.0 Å². The van der Waals surface area contributed by atoms with Crippen LogP contribution in [-0.2, 0) is 9.53 Å². The Labute approximate surface area is 161 Å². The molecule has 1 heterocycles. The number of hydrogen-bond donors (Lipinski definition) is 1. The number of rotatable bonds is 4. The molecular formula is C19H18Cl2N2O3. The van der Waals surface area contributed by atoms with Crippen LogP contribution in [0, 0.1) is 6.92 Å². The van der Waals surface area contributed by atoms with Crippen molar-refractivity contribution in [2.75, 3.05) is 24.6 Å². The molecule has 5 nitrogen and oxygen atoms in total. The fourth-order valence-electron chi connectivity index (χ4n) is 2.70. The molecule has 1 aliphatic rings. The average Bonchev–Trinajstić information content (AvgIpc) is 2.61.